The number of thiol groups is 1. The zero-order valence-corrected chi connectivity index (χ0v) is 10.3. The Morgan fingerprint density at radius 2 is 2.00 bits per heavy atom. The largest absolute Gasteiger partial charge is 0.392 e. The third kappa shape index (κ3) is 17.1. The number of nitrogens with one attached hydrogen (secondary N) is 1. The number of rotatable bonds is 0. The number of β-amino-alcohol motifs (C(OH)–C–C–N with tert-alkyl or cyclic N) is 1. The lowest BCUT2D eigenvalue weighted by molar-refractivity contribution is 0.196. The molecule has 0 amide bonds. The summed E-state index contributed by atoms with van der Waals surface area (Å²) >= 11 is 7.65. The summed E-state index contributed by atoms with van der Waals surface area (Å²) in [5, 5.41) is 11.7. The molecule has 0 aromatic heterocycles. The molecule has 0 aromatic carbocycles. The molecule has 0 unspecified atom stereocenters. The summed E-state index contributed by atoms with van der Waals surface area (Å²) in [5.74, 6) is 0. The normalized spacial score (nSPS) is 19.3. The number of aliphatic hydroxyl groups excluding tert-OH is 1. The van der Waals surface area contributed by atoms with Crippen LogP contribution in [0, 0.1) is 0 Å². The molecule has 0 bridgehead atoms. The van der Waals surface area contributed by atoms with Gasteiger partial charge in [0.15, 0.2) is 0 Å². The molecule has 12 heavy (non-hydrogen) atoms. The highest BCUT2D eigenvalue weighted by molar-refractivity contribution is 8.10. The lowest BCUT2D eigenvalue weighted by Gasteiger charge is -1.90. The van der Waals surface area contributed by atoms with Gasteiger partial charge in [0.05, 0.1) is 6.10 Å². The molecule has 0 saturated carbocycles. The van der Waals surface area contributed by atoms with E-state index in [9.17, 15) is 0 Å². The third-order valence-electron chi connectivity index (χ3n) is 1.03. The molecule has 4 N–H and O–H groups in total. The Morgan fingerprint density at radius 3 is 2.08 bits per heavy atom. The van der Waals surface area contributed by atoms with Crippen LogP contribution in [-0.4, -0.2) is 28.6 Å². The van der Waals surface area contributed by atoms with Gasteiger partial charge in [-0.2, -0.15) is 27.0 Å². The molecule has 0 aromatic rings. The summed E-state index contributed by atoms with van der Waals surface area (Å²) < 4.78 is 0.194. The van der Waals surface area contributed by atoms with E-state index in [1.54, 1.807) is 0 Å². The van der Waals surface area contributed by atoms with E-state index in [4.69, 9.17) is 10.8 Å². The molecule has 76 valence electrons. The zero-order chi connectivity index (χ0) is 7.98. The van der Waals surface area contributed by atoms with Crippen LogP contribution in [0.4, 0.5) is 0 Å². The second-order valence-corrected chi connectivity index (χ2v) is 3.21. The summed E-state index contributed by atoms with van der Waals surface area (Å²) in [5.41, 5.74) is 4.71. The fourth-order valence-corrected chi connectivity index (χ4v) is 0.639. The van der Waals surface area contributed by atoms with Gasteiger partial charge >= 0.3 is 0 Å². The van der Waals surface area contributed by atoms with Crippen molar-refractivity contribution in [2.45, 2.75) is 12.5 Å². The van der Waals surface area contributed by atoms with Crippen LogP contribution in [0.1, 0.15) is 6.42 Å². The van der Waals surface area contributed by atoms with Gasteiger partial charge in [0, 0.05) is 6.54 Å². The van der Waals surface area contributed by atoms with Crippen LogP contribution in [0.5, 0.6) is 0 Å². The van der Waals surface area contributed by atoms with Crippen LogP contribution in [0.2, 0.25) is 0 Å². The van der Waals surface area contributed by atoms with Crippen LogP contribution in [0.3, 0.4) is 0 Å². The topological polar surface area (TPSA) is 58.3 Å². The first-order valence-corrected chi connectivity index (χ1v) is 3.85. The maximum Gasteiger partial charge on any atom is 0.128 e. The lowest BCUT2D eigenvalue weighted by atomic mass is 10.3. The van der Waals surface area contributed by atoms with E-state index in [0.29, 0.717) is 0 Å². The van der Waals surface area contributed by atoms with Gasteiger partial charge in [0.2, 0.25) is 0 Å². The molecule has 1 fully saturated rings. The fourth-order valence-electron chi connectivity index (χ4n) is 0.639. The number of hydrogen-bond acceptors (Lipinski definition) is 3. The van der Waals surface area contributed by atoms with E-state index in [0.717, 1.165) is 19.5 Å². The van der Waals surface area contributed by atoms with Crippen LogP contribution in [0.15, 0.2) is 0 Å². The Balaban J connectivity index is -0.000000124. The molecule has 1 atom stereocenters. The second kappa shape index (κ2) is 11.9. The Labute approximate surface area is 97.8 Å². The van der Waals surface area contributed by atoms with Gasteiger partial charge in [-0.3, -0.25) is 0 Å². The highest BCUT2D eigenvalue weighted by Crippen LogP contribution is 1.93. The molecule has 0 aliphatic carbocycles. The Kier molecular flexibility index (Phi) is 18.4. The average molecular weight is 248 g/mol. The van der Waals surface area contributed by atoms with E-state index < -0.39 is 0 Å². The molecule has 1 heterocycles. The predicted molar refractivity (Wildman–Crippen MR) is 70.0 cm³/mol. The first kappa shape index (κ1) is 18.6. The molecule has 3 nitrogen and oxygen atoms in total. The third-order valence-corrected chi connectivity index (χ3v) is 1.03. The summed E-state index contributed by atoms with van der Waals surface area (Å²) in [6, 6.07) is 0. The number of aliphatic hydroxyl groups is 1. The van der Waals surface area contributed by atoms with Crippen molar-refractivity contribution in [2.24, 2.45) is 5.73 Å². The van der Waals surface area contributed by atoms with E-state index in [2.05, 4.69) is 30.2 Å². The van der Waals surface area contributed by atoms with Gasteiger partial charge in [-0.15, -0.1) is 12.6 Å². The van der Waals surface area contributed by atoms with Gasteiger partial charge in [0.1, 0.15) is 4.32 Å². The Morgan fingerprint density at radius 1 is 1.58 bits per heavy atom. The minimum atomic E-state index is -0.0648. The van der Waals surface area contributed by atoms with Crippen molar-refractivity contribution in [3.05, 3.63) is 0 Å². The SMILES string of the molecule is NC(=S)S.O[C@@H]1CCNC1.S.S. The number of hydrogen-bond donors (Lipinski definition) is 4. The minimum Gasteiger partial charge on any atom is -0.392 e. The van der Waals surface area contributed by atoms with Crippen LogP contribution < -0.4 is 11.1 Å². The van der Waals surface area contributed by atoms with Crippen molar-refractivity contribution in [2.75, 3.05) is 13.1 Å². The molecule has 1 rings (SSSR count). The van der Waals surface area contributed by atoms with Crippen molar-refractivity contribution in [3.63, 3.8) is 0 Å². The Hall–Kier alpha value is 0.860. The summed E-state index contributed by atoms with van der Waals surface area (Å²) in [6.45, 7) is 1.78. The van der Waals surface area contributed by atoms with E-state index in [1.165, 1.54) is 0 Å². The van der Waals surface area contributed by atoms with Gasteiger partial charge in [0.25, 0.3) is 0 Å². The zero-order valence-electron chi connectivity index (χ0n) is 6.58. The quantitative estimate of drug-likeness (QED) is 0.352. The molecule has 7 heteroatoms. The van der Waals surface area contributed by atoms with Gasteiger partial charge in [-0.25, -0.2) is 0 Å². The number of thiocarbonyl (C=S) groups is 1. The molecular formula is C5H16N2OS4. The van der Waals surface area contributed by atoms with Gasteiger partial charge in [-0.05, 0) is 13.0 Å². The van der Waals surface area contributed by atoms with Crippen LogP contribution >= 0.6 is 51.8 Å². The highest BCUT2D eigenvalue weighted by atomic mass is 32.1. The maximum atomic E-state index is 8.67. The molecule has 1 aliphatic rings. The van der Waals surface area contributed by atoms with Crippen LogP contribution in [-0.2, 0) is 0 Å². The summed E-state index contributed by atoms with van der Waals surface area (Å²) in [4.78, 5) is 0. The highest BCUT2D eigenvalue weighted by Gasteiger charge is 2.08. The van der Waals surface area contributed by atoms with Crippen molar-refractivity contribution in [1.82, 2.24) is 5.32 Å². The molecular weight excluding hydrogens is 232 g/mol. The predicted octanol–water partition coefficient (Wildman–Crippen LogP) is -0.274. The number of nitrogens with two attached hydrogens (primary N) is 1. The smallest absolute Gasteiger partial charge is 0.128 e. The molecule has 1 saturated heterocycles. The van der Waals surface area contributed by atoms with Gasteiger partial charge in [-0.1, -0.05) is 12.2 Å². The lowest BCUT2D eigenvalue weighted by Crippen LogP contribution is -2.11. The standard InChI is InChI=1S/C4H9NO.CH3NS2.2H2S/c6-4-1-2-5-3-4;2-1(3)4;;/h4-6H,1-3H2;(H3,2,3,4);2*1H2/t4-;;;/m1.../s1. The minimum absolute atomic E-state index is 0. The first-order valence-electron chi connectivity index (χ1n) is 3.00. The summed E-state index contributed by atoms with van der Waals surface area (Å²) in [6.07, 6.45) is 0.866. The van der Waals surface area contributed by atoms with Crippen molar-refractivity contribution in [3.8, 4) is 0 Å². The van der Waals surface area contributed by atoms with Crippen LogP contribution in [0.25, 0.3) is 0 Å². The Bertz CT molecular complexity index is 104. The maximum absolute atomic E-state index is 8.67. The van der Waals surface area contributed by atoms with Gasteiger partial charge < -0.3 is 16.2 Å². The molecule has 1 aliphatic heterocycles. The van der Waals surface area contributed by atoms with E-state index in [1.807, 2.05) is 0 Å². The average Bonchev–Trinajstić information content (AvgIpc) is 2.15. The van der Waals surface area contributed by atoms with Crippen molar-refractivity contribution >= 4 is 56.2 Å². The fraction of sp³-hybridized carbons (Fsp3) is 0.800. The van der Waals surface area contributed by atoms with E-state index in [-0.39, 0.29) is 37.4 Å². The van der Waals surface area contributed by atoms with E-state index >= 15 is 0 Å². The second-order valence-electron chi connectivity index (χ2n) is 1.98. The monoisotopic (exact) mass is 248 g/mol. The van der Waals surface area contributed by atoms with Crippen molar-refractivity contribution < 1.29 is 5.11 Å². The summed E-state index contributed by atoms with van der Waals surface area (Å²) in [7, 11) is 0. The van der Waals surface area contributed by atoms with Crippen molar-refractivity contribution in [1.29, 1.82) is 0 Å². The molecule has 0 radical (unpaired) electrons. The molecule has 0 spiro atoms. The first-order chi connectivity index (χ1) is 4.63.